The topological polar surface area (TPSA) is 78.5 Å². The number of carbonyl (C=O) groups excluding carboxylic acids is 3. The molecule has 1 aliphatic rings. The minimum atomic E-state index is -1.19. The van der Waals surface area contributed by atoms with E-state index in [1.807, 2.05) is 49.4 Å². The standard InChI is InChI=1S/C23H29N3O3/c1-15(2)9-10-16(3)24-20(27)14-26-21(28)23(4,25-22(26)29)19-12-11-17-7-5-6-8-18(17)13-19/h5-8,11-13,15-16H,9-10,14H2,1-4H3,(H,24,27)(H,25,29)/t16-,23+/m0/s1. The number of benzene rings is 2. The molecule has 6 heteroatoms. The Bertz CT molecular complexity index is 940. The minimum Gasteiger partial charge on any atom is -0.352 e. The number of amides is 4. The summed E-state index contributed by atoms with van der Waals surface area (Å²) in [5.74, 6) is -0.182. The van der Waals surface area contributed by atoms with Crippen molar-refractivity contribution in [2.45, 2.75) is 52.1 Å². The zero-order valence-electron chi connectivity index (χ0n) is 17.5. The summed E-state index contributed by atoms with van der Waals surface area (Å²) in [5.41, 5.74) is -0.493. The molecule has 2 N–H and O–H groups in total. The molecule has 0 saturated carbocycles. The van der Waals surface area contributed by atoms with Gasteiger partial charge in [-0.3, -0.25) is 14.5 Å². The minimum absolute atomic E-state index is 0.00228. The number of urea groups is 1. The lowest BCUT2D eigenvalue weighted by Crippen LogP contribution is -2.45. The average Bonchev–Trinajstić information content (AvgIpc) is 2.90. The fourth-order valence-corrected chi connectivity index (χ4v) is 3.66. The van der Waals surface area contributed by atoms with E-state index in [-0.39, 0.29) is 18.5 Å². The summed E-state index contributed by atoms with van der Waals surface area (Å²) >= 11 is 0. The lowest BCUT2D eigenvalue weighted by Gasteiger charge is -2.23. The summed E-state index contributed by atoms with van der Waals surface area (Å²) in [6, 6.07) is 13.0. The maximum atomic E-state index is 13.1. The number of hydrogen-bond donors (Lipinski definition) is 2. The molecule has 0 radical (unpaired) electrons. The van der Waals surface area contributed by atoms with Crippen molar-refractivity contribution in [1.29, 1.82) is 0 Å². The quantitative estimate of drug-likeness (QED) is 0.704. The Kier molecular flexibility index (Phi) is 5.91. The highest BCUT2D eigenvalue weighted by Crippen LogP contribution is 2.30. The van der Waals surface area contributed by atoms with E-state index in [0.717, 1.165) is 28.5 Å². The highest BCUT2D eigenvalue weighted by atomic mass is 16.2. The number of hydrogen-bond acceptors (Lipinski definition) is 3. The van der Waals surface area contributed by atoms with Gasteiger partial charge in [-0.05, 0) is 55.0 Å². The molecule has 1 saturated heterocycles. The summed E-state index contributed by atoms with van der Waals surface area (Å²) in [6.45, 7) is 7.61. The molecule has 4 amide bonds. The van der Waals surface area contributed by atoms with Crippen LogP contribution in [0, 0.1) is 5.92 Å². The van der Waals surface area contributed by atoms with Gasteiger partial charge in [0.15, 0.2) is 0 Å². The molecule has 154 valence electrons. The number of nitrogens with one attached hydrogen (secondary N) is 2. The van der Waals surface area contributed by atoms with E-state index >= 15 is 0 Å². The van der Waals surface area contributed by atoms with Crippen LogP contribution in [0.5, 0.6) is 0 Å². The normalized spacial score (nSPS) is 20.2. The highest BCUT2D eigenvalue weighted by molar-refractivity contribution is 6.09. The van der Waals surface area contributed by atoms with Gasteiger partial charge >= 0.3 is 6.03 Å². The molecule has 1 fully saturated rings. The van der Waals surface area contributed by atoms with Gasteiger partial charge in [-0.25, -0.2) is 4.79 Å². The molecule has 1 aliphatic heterocycles. The van der Waals surface area contributed by atoms with Crippen molar-refractivity contribution >= 4 is 28.6 Å². The Hall–Kier alpha value is -2.89. The zero-order chi connectivity index (χ0) is 21.2. The van der Waals surface area contributed by atoms with Crippen molar-refractivity contribution in [1.82, 2.24) is 15.5 Å². The molecular formula is C23H29N3O3. The van der Waals surface area contributed by atoms with Crippen molar-refractivity contribution in [3.05, 3.63) is 48.0 Å². The Morgan fingerprint density at radius 3 is 2.45 bits per heavy atom. The second-order valence-electron chi connectivity index (χ2n) is 8.45. The second kappa shape index (κ2) is 8.23. The molecule has 3 rings (SSSR count). The predicted octanol–water partition coefficient (Wildman–Crippen LogP) is 3.55. The first-order chi connectivity index (χ1) is 13.7. The third-order valence-electron chi connectivity index (χ3n) is 5.49. The van der Waals surface area contributed by atoms with E-state index in [9.17, 15) is 14.4 Å². The van der Waals surface area contributed by atoms with Gasteiger partial charge in [-0.2, -0.15) is 0 Å². The highest BCUT2D eigenvalue weighted by Gasteiger charge is 2.49. The van der Waals surface area contributed by atoms with Crippen LogP contribution < -0.4 is 10.6 Å². The first-order valence-corrected chi connectivity index (χ1v) is 10.1. The molecule has 0 spiro atoms. The van der Waals surface area contributed by atoms with Crippen LogP contribution in [0.3, 0.4) is 0 Å². The fourth-order valence-electron chi connectivity index (χ4n) is 3.66. The maximum Gasteiger partial charge on any atom is 0.325 e. The van der Waals surface area contributed by atoms with E-state index in [0.29, 0.717) is 11.5 Å². The van der Waals surface area contributed by atoms with Gasteiger partial charge in [0.1, 0.15) is 12.1 Å². The molecule has 2 aromatic carbocycles. The zero-order valence-corrected chi connectivity index (χ0v) is 17.5. The van der Waals surface area contributed by atoms with E-state index in [1.54, 1.807) is 6.92 Å². The van der Waals surface area contributed by atoms with Crippen LogP contribution in [0.1, 0.15) is 46.1 Å². The summed E-state index contributed by atoms with van der Waals surface area (Å²) in [6.07, 6.45) is 1.86. The first-order valence-electron chi connectivity index (χ1n) is 10.1. The van der Waals surface area contributed by atoms with Gasteiger partial charge in [-0.15, -0.1) is 0 Å². The molecular weight excluding hydrogens is 366 g/mol. The van der Waals surface area contributed by atoms with Crippen LogP contribution in [-0.4, -0.2) is 35.3 Å². The predicted molar refractivity (Wildman–Crippen MR) is 113 cm³/mol. The van der Waals surface area contributed by atoms with Crippen molar-refractivity contribution in [2.24, 2.45) is 5.92 Å². The molecule has 6 nitrogen and oxygen atoms in total. The lowest BCUT2D eigenvalue weighted by atomic mass is 9.90. The van der Waals surface area contributed by atoms with Gasteiger partial charge in [0.05, 0.1) is 0 Å². The Morgan fingerprint density at radius 1 is 1.07 bits per heavy atom. The van der Waals surface area contributed by atoms with Crippen LogP contribution in [0.2, 0.25) is 0 Å². The molecule has 2 aromatic rings. The largest absolute Gasteiger partial charge is 0.352 e. The van der Waals surface area contributed by atoms with E-state index in [2.05, 4.69) is 24.5 Å². The van der Waals surface area contributed by atoms with Crippen molar-refractivity contribution in [3.63, 3.8) is 0 Å². The van der Waals surface area contributed by atoms with Crippen LogP contribution in [0.15, 0.2) is 42.5 Å². The first kappa shape index (κ1) is 20.8. The summed E-state index contributed by atoms with van der Waals surface area (Å²) in [5, 5.41) is 7.70. The Morgan fingerprint density at radius 2 is 1.76 bits per heavy atom. The van der Waals surface area contributed by atoms with Crippen molar-refractivity contribution < 1.29 is 14.4 Å². The molecule has 1 heterocycles. The molecule has 0 unspecified atom stereocenters. The van der Waals surface area contributed by atoms with Gasteiger partial charge in [0.25, 0.3) is 5.91 Å². The van der Waals surface area contributed by atoms with Gasteiger partial charge < -0.3 is 10.6 Å². The van der Waals surface area contributed by atoms with Crippen LogP contribution >= 0.6 is 0 Å². The maximum absolute atomic E-state index is 13.1. The Labute approximate surface area is 171 Å². The fraction of sp³-hybridized carbons (Fsp3) is 0.435. The molecule has 29 heavy (non-hydrogen) atoms. The van der Waals surface area contributed by atoms with Crippen LogP contribution in [0.4, 0.5) is 4.79 Å². The number of imide groups is 1. The summed E-state index contributed by atoms with van der Waals surface area (Å²) < 4.78 is 0. The number of fused-ring (bicyclic) bond motifs is 1. The van der Waals surface area contributed by atoms with Crippen LogP contribution in [-0.2, 0) is 15.1 Å². The number of carbonyl (C=O) groups is 3. The molecule has 0 bridgehead atoms. The van der Waals surface area contributed by atoms with Gasteiger partial charge in [0.2, 0.25) is 5.91 Å². The third kappa shape index (κ3) is 4.42. The van der Waals surface area contributed by atoms with Gasteiger partial charge in [-0.1, -0.05) is 50.2 Å². The van der Waals surface area contributed by atoms with E-state index in [4.69, 9.17) is 0 Å². The average molecular weight is 396 g/mol. The SMILES string of the molecule is CC(C)CC[C@H](C)NC(=O)CN1C(=O)N[C@](C)(c2ccc3ccccc3c2)C1=O. The van der Waals surface area contributed by atoms with Crippen molar-refractivity contribution in [2.75, 3.05) is 6.54 Å². The lowest BCUT2D eigenvalue weighted by molar-refractivity contribution is -0.135. The number of nitrogens with zero attached hydrogens (tertiary/aromatic N) is 1. The third-order valence-corrected chi connectivity index (χ3v) is 5.49. The molecule has 0 aromatic heterocycles. The van der Waals surface area contributed by atoms with Crippen LogP contribution in [0.25, 0.3) is 10.8 Å². The Balaban J connectivity index is 1.72. The smallest absolute Gasteiger partial charge is 0.325 e. The molecule has 2 atom stereocenters. The van der Waals surface area contributed by atoms with Crippen molar-refractivity contribution in [3.8, 4) is 0 Å². The van der Waals surface area contributed by atoms with E-state index in [1.165, 1.54) is 0 Å². The summed E-state index contributed by atoms with van der Waals surface area (Å²) in [4.78, 5) is 38.9. The molecule has 0 aliphatic carbocycles. The van der Waals surface area contributed by atoms with Gasteiger partial charge in [0, 0.05) is 6.04 Å². The number of rotatable bonds is 7. The monoisotopic (exact) mass is 395 g/mol. The van der Waals surface area contributed by atoms with E-state index < -0.39 is 17.5 Å². The summed E-state index contributed by atoms with van der Waals surface area (Å²) in [7, 11) is 0. The second-order valence-corrected chi connectivity index (χ2v) is 8.45.